The molecule has 118 valence electrons. The van der Waals surface area contributed by atoms with Gasteiger partial charge in [0.2, 0.25) is 0 Å². The van der Waals surface area contributed by atoms with Crippen molar-refractivity contribution in [3.63, 3.8) is 0 Å². The summed E-state index contributed by atoms with van der Waals surface area (Å²) >= 11 is 0. The minimum absolute atomic E-state index is 0.187. The molecule has 0 unspecified atom stereocenters. The number of nitrogens with zero attached hydrogens (tertiary/aromatic N) is 4. The lowest BCUT2D eigenvalue weighted by molar-refractivity contribution is -0.148. The Balaban J connectivity index is 1.50. The van der Waals surface area contributed by atoms with Gasteiger partial charge in [0.05, 0.1) is 0 Å². The molecule has 2 atom stereocenters. The van der Waals surface area contributed by atoms with Crippen molar-refractivity contribution in [2.45, 2.75) is 19.3 Å². The summed E-state index contributed by atoms with van der Waals surface area (Å²) in [5.41, 5.74) is -0.638. The molecule has 2 saturated heterocycles. The Bertz CT molecular complexity index is 563. The van der Waals surface area contributed by atoms with Gasteiger partial charge < -0.3 is 14.9 Å². The fourth-order valence-corrected chi connectivity index (χ4v) is 4.29. The van der Waals surface area contributed by atoms with E-state index in [2.05, 4.69) is 20.0 Å². The van der Waals surface area contributed by atoms with Crippen molar-refractivity contribution in [1.82, 2.24) is 15.1 Å². The molecule has 1 N–H and O–H groups in total. The van der Waals surface area contributed by atoms with E-state index < -0.39 is 11.4 Å². The van der Waals surface area contributed by atoms with E-state index in [0.717, 1.165) is 31.4 Å². The minimum Gasteiger partial charge on any atom is -0.481 e. The van der Waals surface area contributed by atoms with E-state index in [1.165, 1.54) is 19.3 Å². The first-order chi connectivity index (χ1) is 10.7. The average Bonchev–Trinajstić information content (AvgIpc) is 2.98. The SMILES string of the molecule is O=C(O)[C@@]12CN(CC3CCC3)C[C@@H]1CN(c1cccnn1)C2. The first-order valence-electron chi connectivity index (χ1n) is 8.16. The Morgan fingerprint density at radius 2 is 2.23 bits per heavy atom. The highest BCUT2D eigenvalue weighted by molar-refractivity contribution is 5.78. The molecule has 6 heteroatoms. The van der Waals surface area contributed by atoms with Crippen LogP contribution in [0.3, 0.4) is 0 Å². The summed E-state index contributed by atoms with van der Waals surface area (Å²) in [5, 5.41) is 17.9. The summed E-state index contributed by atoms with van der Waals surface area (Å²) in [4.78, 5) is 16.5. The van der Waals surface area contributed by atoms with Gasteiger partial charge in [-0.1, -0.05) is 6.42 Å². The molecule has 1 aliphatic carbocycles. The number of carboxylic acid groups (broad SMARTS) is 1. The Morgan fingerprint density at radius 3 is 2.82 bits per heavy atom. The van der Waals surface area contributed by atoms with Gasteiger partial charge in [-0.25, -0.2) is 0 Å². The summed E-state index contributed by atoms with van der Waals surface area (Å²) in [6.45, 7) is 3.98. The van der Waals surface area contributed by atoms with E-state index in [1.807, 2.05) is 12.1 Å². The predicted octanol–water partition coefficient (Wildman–Crippen LogP) is 1.10. The number of hydrogen-bond donors (Lipinski definition) is 1. The van der Waals surface area contributed by atoms with Crippen molar-refractivity contribution < 1.29 is 9.90 Å². The maximum Gasteiger partial charge on any atom is 0.313 e. The second kappa shape index (κ2) is 5.19. The van der Waals surface area contributed by atoms with Crippen LogP contribution in [0.4, 0.5) is 5.82 Å². The molecule has 3 fully saturated rings. The van der Waals surface area contributed by atoms with Crippen molar-refractivity contribution in [3.05, 3.63) is 18.3 Å². The standard InChI is InChI=1S/C16H22N4O2/c21-15(22)16-10-19(7-12-3-1-4-12)8-13(16)9-20(11-16)14-5-2-6-17-18-14/h2,5-6,12-13H,1,3-4,7-11H2,(H,21,22)/t13-,16-/m1/s1. The first-order valence-corrected chi connectivity index (χ1v) is 8.16. The molecule has 1 aromatic heterocycles. The van der Waals surface area contributed by atoms with Crippen LogP contribution in [-0.4, -0.2) is 58.9 Å². The molecule has 3 heterocycles. The zero-order valence-electron chi connectivity index (χ0n) is 12.7. The number of anilines is 1. The van der Waals surface area contributed by atoms with Gasteiger partial charge in [0.1, 0.15) is 5.41 Å². The number of fused-ring (bicyclic) bond motifs is 1. The van der Waals surface area contributed by atoms with Gasteiger partial charge in [-0.2, -0.15) is 5.10 Å². The molecule has 22 heavy (non-hydrogen) atoms. The smallest absolute Gasteiger partial charge is 0.313 e. The fourth-order valence-electron chi connectivity index (χ4n) is 4.29. The maximum absolute atomic E-state index is 12.0. The Labute approximate surface area is 130 Å². The van der Waals surface area contributed by atoms with E-state index in [1.54, 1.807) is 6.20 Å². The predicted molar refractivity (Wildman–Crippen MR) is 81.6 cm³/mol. The van der Waals surface area contributed by atoms with Crippen molar-refractivity contribution in [3.8, 4) is 0 Å². The second-order valence-corrected chi connectivity index (χ2v) is 7.11. The molecule has 1 aromatic rings. The molecule has 0 bridgehead atoms. The van der Waals surface area contributed by atoms with Crippen LogP contribution in [-0.2, 0) is 4.79 Å². The number of aliphatic carboxylic acids is 1. The summed E-state index contributed by atoms with van der Waals surface area (Å²) in [6.07, 6.45) is 5.61. The topological polar surface area (TPSA) is 69.6 Å². The third-order valence-corrected chi connectivity index (χ3v) is 5.73. The minimum atomic E-state index is -0.653. The van der Waals surface area contributed by atoms with Crippen molar-refractivity contribution in [1.29, 1.82) is 0 Å². The number of carbonyl (C=O) groups is 1. The third kappa shape index (κ3) is 2.17. The van der Waals surface area contributed by atoms with Crippen molar-refractivity contribution >= 4 is 11.8 Å². The summed E-state index contributed by atoms with van der Waals surface area (Å²) in [6, 6.07) is 3.77. The molecule has 3 aliphatic rings. The molecule has 0 radical (unpaired) electrons. The van der Waals surface area contributed by atoms with Gasteiger partial charge in [0.15, 0.2) is 5.82 Å². The Kier molecular flexibility index (Phi) is 3.29. The molecule has 0 spiro atoms. The zero-order chi connectivity index (χ0) is 15.2. The van der Waals surface area contributed by atoms with Crippen molar-refractivity contribution in [2.75, 3.05) is 37.6 Å². The van der Waals surface area contributed by atoms with E-state index in [0.29, 0.717) is 13.1 Å². The van der Waals surface area contributed by atoms with Gasteiger partial charge in [0.25, 0.3) is 0 Å². The van der Waals surface area contributed by atoms with Gasteiger partial charge in [-0.3, -0.25) is 4.79 Å². The van der Waals surface area contributed by atoms with Crippen molar-refractivity contribution in [2.24, 2.45) is 17.3 Å². The van der Waals surface area contributed by atoms with Gasteiger partial charge in [-0.05, 0) is 30.9 Å². The van der Waals surface area contributed by atoms with Crippen LogP contribution >= 0.6 is 0 Å². The van der Waals surface area contributed by atoms with E-state index in [9.17, 15) is 9.90 Å². The zero-order valence-corrected chi connectivity index (χ0v) is 12.7. The number of carboxylic acids is 1. The third-order valence-electron chi connectivity index (χ3n) is 5.73. The van der Waals surface area contributed by atoms with Crippen LogP contribution in [0.25, 0.3) is 0 Å². The lowest BCUT2D eigenvalue weighted by Gasteiger charge is -2.31. The van der Waals surface area contributed by atoms with Crippen LogP contribution in [0.5, 0.6) is 0 Å². The second-order valence-electron chi connectivity index (χ2n) is 7.11. The number of likely N-dealkylation sites (tertiary alicyclic amines) is 1. The van der Waals surface area contributed by atoms with Gasteiger partial charge in [-0.15, -0.1) is 5.10 Å². The summed E-state index contributed by atoms with van der Waals surface area (Å²) < 4.78 is 0. The molecule has 6 nitrogen and oxygen atoms in total. The molecule has 0 aromatic carbocycles. The Hall–Kier alpha value is -1.69. The molecule has 4 rings (SSSR count). The lowest BCUT2D eigenvalue weighted by Crippen LogP contribution is -2.42. The molecular formula is C16H22N4O2. The number of rotatable bonds is 4. The largest absolute Gasteiger partial charge is 0.481 e. The summed E-state index contributed by atoms with van der Waals surface area (Å²) in [7, 11) is 0. The van der Waals surface area contributed by atoms with E-state index in [4.69, 9.17) is 0 Å². The first kappa shape index (κ1) is 13.9. The molecule has 2 aliphatic heterocycles. The molecule has 1 saturated carbocycles. The van der Waals surface area contributed by atoms with Crippen LogP contribution in [0, 0.1) is 17.3 Å². The van der Waals surface area contributed by atoms with Crippen LogP contribution < -0.4 is 4.90 Å². The van der Waals surface area contributed by atoms with Crippen LogP contribution in [0.2, 0.25) is 0 Å². The average molecular weight is 302 g/mol. The highest BCUT2D eigenvalue weighted by Crippen LogP contribution is 2.44. The molecule has 0 amide bonds. The Morgan fingerprint density at radius 1 is 1.36 bits per heavy atom. The number of hydrogen-bond acceptors (Lipinski definition) is 5. The van der Waals surface area contributed by atoms with E-state index in [-0.39, 0.29) is 5.92 Å². The number of aromatic nitrogens is 2. The van der Waals surface area contributed by atoms with Crippen LogP contribution in [0.1, 0.15) is 19.3 Å². The maximum atomic E-state index is 12.0. The monoisotopic (exact) mass is 302 g/mol. The highest BCUT2D eigenvalue weighted by Gasteiger charge is 2.58. The summed E-state index contributed by atoms with van der Waals surface area (Å²) in [5.74, 6) is 1.12. The van der Waals surface area contributed by atoms with Crippen LogP contribution in [0.15, 0.2) is 18.3 Å². The fraction of sp³-hybridized carbons (Fsp3) is 0.688. The van der Waals surface area contributed by atoms with E-state index >= 15 is 0 Å². The lowest BCUT2D eigenvalue weighted by atomic mass is 9.81. The normalized spacial score (nSPS) is 32.0. The van der Waals surface area contributed by atoms with Gasteiger partial charge >= 0.3 is 5.97 Å². The highest BCUT2D eigenvalue weighted by atomic mass is 16.4. The quantitative estimate of drug-likeness (QED) is 0.898. The molecular weight excluding hydrogens is 280 g/mol. The van der Waals surface area contributed by atoms with Gasteiger partial charge in [0, 0.05) is 44.8 Å².